The fourth-order valence-electron chi connectivity index (χ4n) is 2.31. The quantitative estimate of drug-likeness (QED) is 0.305. The smallest absolute Gasteiger partial charge is 0 e. The molecule has 2 rings (SSSR count). The summed E-state index contributed by atoms with van der Waals surface area (Å²) in [4.78, 5) is 15.3. The van der Waals surface area contributed by atoms with Crippen molar-refractivity contribution in [1.82, 2.24) is 4.90 Å². The molecule has 2 saturated carbocycles. The molecule has 5 heteroatoms. The van der Waals surface area contributed by atoms with Gasteiger partial charge >= 0.3 is 136 Å². The monoisotopic (exact) mass is 477 g/mol. The Morgan fingerprint density at radius 1 is 1.11 bits per heavy atom. The molecule has 0 aromatic rings. The third kappa shape index (κ3) is 11.1. The molecule has 0 spiro atoms. The normalized spacial score (nSPS) is 19.4. The molecule has 0 amide bonds. The van der Waals surface area contributed by atoms with Crippen LogP contribution in [-0.4, -0.2) is 52.6 Å². The van der Waals surface area contributed by atoms with Crippen LogP contribution in [0.25, 0.3) is 0 Å². The minimum Gasteiger partial charge on any atom is -0.0312 e. The Morgan fingerprint density at radius 3 is 2.19 bits per heavy atom. The molecule has 2 aliphatic carbocycles. The van der Waals surface area contributed by atoms with E-state index in [1.54, 1.807) is 6.08 Å². The van der Waals surface area contributed by atoms with Gasteiger partial charge in [-0.1, -0.05) is 0 Å². The van der Waals surface area contributed by atoms with E-state index >= 15 is 0 Å². The fraction of sp³-hybridized carbons (Fsp3) is 0.409. The predicted molar refractivity (Wildman–Crippen MR) is 109 cm³/mol. The molecule has 2 fully saturated rings. The van der Waals surface area contributed by atoms with Crippen molar-refractivity contribution in [3.63, 3.8) is 0 Å². The number of allylic oxidation sites excluding steroid dienone is 1. The van der Waals surface area contributed by atoms with Crippen LogP contribution < -0.4 is 0 Å². The van der Waals surface area contributed by atoms with E-state index in [0.717, 1.165) is 12.8 Å². The molecule has 1 atom stereocenters. The molecule has 0 bridgehead atoms. The maximum Gasteiger partial charge on any atom is 0 e. The molecule has 0 aromatic carbocycles. The molecular weight excluding hydrogens is 445 g/mol. The molecule has 0 aliphatic heterocycles. The standard InChI is InChI=1S/C17H26NO2Se.C5H5.Fe/c1-6-9-14(12-17(19)20-7-2)21-16-11-8-10-15(16)13(3)18(4)5;1-2-4-5-3-1;/h8,10-13H,6-7,9H2,1-5H3;1-5H;/b14-12-;;/t13-;;/m1../s1. The van der Waals surface area contributed by atoms with E-state index in [-0.39, 0.29) is 38.0 Å². The van der Waals surface area contributed by atoms with Crippen LogP contribution in [0.5, 0.6) is 0 Å². The Morgan fingerprint density at radius 2 is 1.70 bits per heavy atom. The third-order valence-electron chi connectivity index (χ3n) is 3.89. The van der Waals surface area contributed by atoms with Gasteiger partial charge in [0, 0.05) is 17.1 Å². The molecule has 0 N–H and O–H groups in total. The van der Waals surface area contributed by atoms with Gasteiger partial charge in [-0.15, -0.1) is 0 Å². The molecular formula is C22H31FeNO2Se. The summed E-state index contributed by atoms with van der Waals surface area (Å²) in [5.41, 5.74) is 0. The van der Waals surface area contributed by atoms with Crippen LogP contribution in [0, 0.1) is 62.1 Å². The first kappa shape index (κ1) is 27.2. The first-order valence-electron chi connectivity index (χ1n) is 9.13. The van der Waals surface area contributed by atoms with E-state index < -0.39 is 0 Å². The van der Waals surface area contributed by atoms with Crippen molar-refractivity contribution in [3.05, 3.63) is 72.6 Å². The van der Waals surface area contributed by atoms with Crippen LogP contribution in [-0.2, 0) is 26.6 Å². The third-order valence-corrected chi connectivity index (χ3v) is 6.36. The van der Waals surface area contributed by atoms with E-state index in [2.05, 4.69) is 52.1 Å². The Bertz CT molecular complexity index is 417. The summed E-state index contributed by atoms with van der Waals surface area (Å²) < 4.78 is 6.25. The van der Waals surface area contributed by atoms with Gasteiger partial charge in [0.05, 0.1) is 0 Å². The number of esters is 1. The van der Waals surface area contributed by atoms with Crippen LogP contribution >= 0.6 is 0 Å². The molecule has 27 heavy (non-hydrogen) atoms. The van der Waals surface area contributed by atoms with Crippen LogP contribution in [0.3, 0.4) is 0 Å². The maximum atomic E-state index is 11.7. The van der Waals surface area contributed by atoms with Crippen molar-refractivity contribution in [2.45, 2.75) is 39.7 Å². The van der Waals surface area contributed by atoms with Gasteiger partial charge in [-0.2, -0.15) is 0 Å². The predicted octanol–water partition coefficient (Wildman–Crippen LogP) is 3.64. The minimum atomic E-state index is -0.211. The van der Waals surface area contributed by atoms with E-state index in [1.807, 2.05) is 39.0 Å². The SMILES string of the molecule is CCC/C(=C/C(=O)OCC)[Se][C]1[CH][CH][CH][C]1[C@@H](C)N(C)C.[CH]1[CH][CH][CH][CH]1.[Fe]. The molecule has 0 unspecified atom stereocenters. The Balaban J connectivity index is 0.000000969. The molecule has 150 valence electrons. The topological polar surface area (TPSA) is 29.5 Å². The van der Waals surface area contributed by atoms with Gasteiger partial charge in [-0.25, -0.2) is 0 Å². The fourth-order valence-corrected chi connectivity index (χ4v) is 4.93. The number of hydrogen-bond donors (Lipinski definition) is 0. The summed E-state index contributed by atoms with van der Waals surface area (Å²) in [6, 6.07) is 0.391. The second kappa shape index (κ2) is 16.1. The Hall–Kier alpha value is 0.209. The van der Waals surface area contributed by atoms with Gasteiger partial charge in [0.15, 0.2) is 0 Å². The van der Waals surface area contributed by atoms with Crippen molar-refractivity contribution < 1.29 is 26.6 Å². The Kier molecular flexibility index (Phi) is 16.2. The minimum absolute atomic E-state index is 0. The average Bonchev–Trinajstić information content (AvgIpc) is 3.29. The summed E-state index contributed by atoms with van der Waals surface area (Å²) in [6.07, 6.45) is 20.2. The molecule has 2 aliphatic rings. The largest absolute Gasteiger partial charge is 0.0312 e. The van der Waals surface area contributed by atoms with E-state index in [1.165, 1.54) is 15.2 Å². The number of ether oxygens (including phenoxy) is 1. The zero-order valence-corrected chi connectivity index (χ0v) is 19.7. The van der Waals surface area contributed by atoms with Crippen molar-refractivity contribution in [1.29, 1.82) is 0 Å². The molecule has 10 radical (unpaired) electrons. The molecule has 3 nitrogen and oxygen atoms in total. The van der Waals surface area contributed by atoms with Gasteiger partial charge in [-0.3, -0.25) is 0 Å². The van der Waals surface area contributed by atoms with Crippen molar-refractivity contribution in [2.24, 2.45) is 0 Å². The second-order valence-electron chi connectivity index (χ2n) is 6.16. The number of hydrogen-bond acceptors (Lipinski definition) is 3. The van der Waals surface area contributed by atoms with Gasteiger partial charge in [0.25, 0.3) is 0 Å². The summed E-state index contributed by atoms with van der Waals surface area (Å²) >= 11 is 0.186. The number of rotatable bonds is 8. The van der Waals surface area contributed by atoms with Crippen LogP contribution in [0.1, 0.15) is 33.6 Å². The van der Waals surface area contributed by atoms with E-state index in [4.69, 9.17) is 4.74 Å². The van der Waals surface area contributed by atoms with Gasteiger partial charge in [-0.05, 0) is 32.1 Å². The molecule has 0 aromatic heterocycles. The van der Waals surface area contributed by atoms with Gasteiger partial charge in [0.1, 0.15) is 0 Å². The van der Waals surface area contributed by atoms with Crippen LogP contribution in [0.2, 0.25) is 0 Å². The van der Waals surface area contributed by atoms with Crippen molar-refractivity contribution in [2.75, 3.05) is 20.7 Å². The zero-order valence-electron chi connectivity index (χ0n) is 16.9. The van der Waals surface area contributed by atoms with Crippen molar-refractivity contribution in [3.8, 4) is 0 Å². The summed E-state index contributed by atoms with van der Waals surface area (Å²) in [6.45, 7) is 6.62. The summed E-state index contributed by atoms with van der Waals surface area (Å²) in [5, 5.41) is 0. The van der Waals surface area contributed by atoms with E-state index in [0.29, 0.717) is 12.6 Å². The number of carbonyl (C=O) groups excluding carboxylic acids is 1. The summed E-state index contributed by atoms with van der Waals surface area (Å²) in [7, 11) is 4.19. The maximum absolute atomic E-state index is 11.7. The number of carbonyl (C=O) groups is 1. The van der Waals surface area contributed by atoms with Gasteiger partial charge < -0.3 is 0 Å². The first-order valence-corrected chi connectivity index (χ1v) is 10.8. The molecule has 0 saturated heterocycles. The first-order chi connectivity index (χ1) is 12.5. The second-order valence-corrected chi connectivity index (χ2v) is 8.61. The Labute approximate surface area is 185 Å². The van der Waals surface area contributed by atoms with Crippen LogP contribution in [0.15, 0.2) is 10.5 Å². The van der Waals surface area contributed by atoms with E-state index in [9.17, 15) is 4.79 Å². The van der Waals surface area contributed by atoms with Crippen LogP contribution in [0.4, 0.5) is 0 Å². The summed E-state index contributed by atoms with van der Waals surface area (Å²) in [5.74, 6) is 1.16. The zero-order chi connectivity index (χ0) is 19.4. The van der Waals surface area contributed by atoms with Gasteiger partial charge in [0.2, 0.25) is 0 Å². The molecule has 0 heterocycles. The van der Waals surface area contributed by atoms with Crippen molar-refractivity contribution >= 4 is 20.9 Å². The average molecular weight is 476 g/mol. The number of nitrogens with zero attached hydrogens (tertiary/aromatic N) is 1.